The number of benzene rings is 1. The molecule has 4 heterocycles. The number of piperidine rings is 1. The van der Waals surface area contributed by atoms with Gasteiger partial charge in [-0.15, -0.1) is 0 Å². The summed E-state index contributed by atoms with van der Waals surface area (Å²) in [6.45, 7) is 5.92. The molecule has 2 fully saturated rings. The normalized spacial score (nSPS) is 21.2. The maximum atomic E-state index is 13.9. The van der Waals surface area contributed by atoms with Crippen LogP contribution in [0, 0.1) is 19.7 Å². The number of rotatable bonds is 3. The number of anilines is 1. The smallest absolute Gasteiger partial charge is 0.255 e. The first kappa shape index (κ1) is 22.1. The van der Waals surface area contributed by atoms with Gasteiger partial charge in [-0.05, 0) is 51.7 Å². The molecule has 2 atom stereocenters. The fourth-order valence-corrected chi connectivity index (χ4v) is 5.18. The van der Waals surface area contributed by atoms with Gasteiger partial charge in [-0.2, -0.15) is 5.10 Å². The van der Waals surface area contributed by atoms with Crippen LogP contribution in [0.5, 0.6) is 0 Å². The molecule has 0 aliphatic carbocycles. The van der Waals surface area contributed by atoms with Crippen LogP contribution >= 0.6 is 11.6 Å². The molecule has 2 aliphatic rings. The monoisotopic (exact) mass is 470 g/mol. The molecule has 0 bridgehead atoms. The minimum atomic E-state index is -0.414. The van der Waals surface area contributed by atoms with Gasteiger partial charge in [0.1, 0.15) is 11.6 Å². The summed E-state index contributed by atoms with van der Waals surface area (Å²) in [6, 6.07) is 4.73. The van der Waals surface area contributed by atoms with Crippen molar-refractivity contribution in [2.24, 2.45) is 5.73 Å². The van der Waals surface area contributed by atoms with Crippen LogP contribution in [0.4, 0.5) is 10.2 Å². The van der Waals surface area contributed by atoms with Gasteiger partial charge in [-0.25, -0.2) is 13.9 Å². The molecule has 2 unspecified atom stereocenters. The molecule has 0 radical (unpaired) electrons. The number of aromatic nitrogens is 3. The van der Waals surface area contributed by atoms with Crippen LogP contribution in [0.15, 0.2) is 24.4 Å². The van der Waals surface area contributed by atoms with Gasteiger partial charge in [-0.3, -0.25) is 4.79 Å². The molecule has 9 heteroatoms. The molecule has 2 N–H and O–H groups in total. The first-order chi connectivity index (χ1) is 15.8. The SMILES string of the molecule is Cc1cn2nc(C3CCCCN3C(=O)c3ccc(F)c(C)c3Cl)cc2nc1N1CCC(N)C1. The zero-order valence-corrected chi connectivity index (χ0v) is 19.6. The van der Waals surface area contributed by atoms with E-state index in [1.807, 2.05) is 24.1 Å². The predicted octanol–water partition coefficient (Wildman–Crippen LogP) is 4.04. The number of fused-ring (bicyclic) bond motifs is 1. The van der Waals surface area contributed by atoms with E-state index in [2.05, 4.69) is 4.90 Å². The van der Waals surface area contributed by atoms with E-state index >= 15 is 0 Å². The molecule has 2 aromatic heterocycles. The summed E-state index contributed by atoms with van der Waals surface area (Å²) in [4.78, 5) is 22.4. The topological polar surface area (TPSA) is 79.8 Å². The lowest BCUT2D eigenvalue weighted by atomic mass is 9.98. The van der Waals surface area contributed by atoms with Crippen LogP contribution < -0.4 is 10.6 Å². The zero-order chi connectivity index (χ0) is 23.3. The zero-order valence-electron chi connectivity index (χ0n) is 18.9. The Morgan fingerprint density at radius 1 is 1.21 bits per heavy atom. The van der Waals surface area contributed by atoms with Crippen molar-refractivity contribution >= 4 is 29.0 Å². The summed E-state index contributed by atoms with van der Waals surface area (Å²) in [5.41, 5.74) is 9.30. The van der Waals surface area contributed by atoms with Crippen molar-refractivity contribution < 1.29 is 9.18 Å². The number of likely N-dealkylation sites (tertiary alicyclic amines) is 1. The summed E-state index contributed by atoms with van der Waals surface area (Å²) in [5, 5.41) is 4.96. The van der Waals surface area contributed by atoms with Gasteiger partial charge in [-0.1, -0.05) is 11.6 Å². The van der Waals surface area contributed by atoms with E-state index in [0.717, 1.165) is 61.5 Å². The number of nitrogens with zero attached hydrogens (tertiary/aromatic N) is 5. The lowest BCUT2D eigenvalue weighted by Crippen LogP contribution is -2.39. The third-order valence-electron chi connectivity index (χ3n) is 6.80. The Kier molecular flexibility index (Phi) is 5.74. The Hall–Kier alpha value is -2.71. The second kappa shape index (κ2) is 8.57. The lowest BCUT2D eigenvalue weighted by Gasteiger charge is -2.35. The number of carbonyl (C=O) groups is 1. The number of hydrogen-bond donors (Lipinski definition) is 1. The minimum Gasteiger partial charge on any atom is -0.355 e. The van der Waals surface area contributed by atoms with E-state index in [-0.39, 0.29) is 28.6 Å². The maximum Gasteiger partial charge on any atom is 0.255 e. The Morgan fingerprint density at radius 3 is 2.79 bits per heavy atom. The Labute approximate surface area is 197 Å². The standard InChI is InChI=1S/C24H28ClFN6O/c1-14-12-32-21(28-23(14)30-10-8-16(27)13-30)11-19(29-32)20-5-3-4-9-31(20)24(33)17-6-7-18(26)15(2)22(17)25/h6-7,11-12,16,20H,3-5,8-10,13,27H2,1-2H3. The maximum absolute atomic E-state index is 13.9. The van der Waals surface area contributed by atoms with Crippen LogP contribution in [0.1, 0.15) is 58.9 Å². The number of hydrogen-bond acceptors (Lipinski definition) is 5. The van der Waals surface area contributed by atoms with Crippen LogP contribution in [0.25, 0.3) is 5.65 Å². The molecular formula is C24H28ClFN6O. The first-order valence-electron chi connectivity index (χ1n) is 11.5. The van der Waals surface area contributed by atoms with Gasteiger partial charge in [0.05, 0.1) is 22.3 Å². The van der Waals surface area contributed by atoms with Crippen LogP contribution in [-0.4, -0.2) is 51.1 Å². The van der Waals surface area contributed by atoms with E-state index in [0.29, 0.717) is 12.1 Å². The van der Waals surface area contributed by atoms with Crippen molar-refractivity contribution in [2.75, 3.05) is 24.5 Å². The summed E-state index contributed by atoms with van der Waals surface area (Å²) < 4.78 is 15.7. The van der Waals surface area contributed by atoms with Gasteiger partial charge in [0.15, 0.2) is 5.65 Å². The molecule has 3 aromatic rings. The largest absolute Gasteiger partial charge is 0.355 e. The molecule has 0 spiro atoms. The molecule has 5 rings (SSSR count). The second-order valence-corrected chi connectivity index (χ2v) is 9.54. The lowest BCUT2D eigenvalue weighted by molar-refractivity contribution is 0.0605. The van der Waals surface area contributed by atoms with E-state index < -0.39 is 5.82 Å². The molecule has 0 saturated carbocycles. The molecule has 2 saturated heterocycles. The number of nitrogens with two attached hydrogens (primary N) is 1. The van der Waals surface area contributed by atoms with Gasteiger partial charge in [0, 0.05) is 49.1 Å². The number of carbonyl (C=O) groups excluding carboxylic acids is 1. The van der Waals surface area contributed by atoms with Crippen LogP contribution in [0.2, 0.25) is 5.02 Å². The van der Waals surface area contributed by atoms with E-state index in [1.54, 1.807) is 11.4 Å². The van der Waals surface area contributed by atoms with E-state index in [1.165, 1.54) is 12.1 Å². The molecular weight excluding hydrogens is 443 g/mol. The average Bonchev–Trinajstić information content (AvgIpc) is 3.42. The third-order valence-corrected chi connectivity index (χ3v) is 7.29. The van der Waals surface area contributed by atoms with Crippen molar-refractivity contribution in [3.8, 4) is 0 Å². The molecule has 174 valence electrons. The van der Waals surface area contributed by atoms with Crippen molar-refractivity contribution in [3.63, 3.8) is 0 Å². The van der Waals surface area contributed by atoms with Crippen molar-refractivity contribution in [1.29, 1.82) is 0 Å². The predicted molar refractivity (Wildman–Crippen MR) is 126 cm³/mol. The molecule has 33 heavy (non-hydrogen) atoms. The average molecular weight is 471 g/mol. The summed E-state index contributed by atoms with van der Waals surface area (Å²) in [6.07, 6.45) is 5.66. The van der Waals surface area contributed by atoms with Crippen LogP contribution in [-0.2, 0) is 0 Å². The Bertz CT molecular complexity index is 1230. The quantitative estimate of drug-likeness (QED) is 0.624. The van der Waals surface area contributed by atoms with E-state index in [9.17, 15) is 9.18 Å². The fraction of sp³-hybridized carbons (Fsp3) is 0.458. The van der Waals surface area contributed by atoms with Crippen molar-refractivity contribution in [2.45, 2.75) is 51.6 Å². The van der Waals surface area contributed by atoms with Gasteiger partial charge in [0.2, 0.25) is 0 Å². The highest BCUT2D eigenvalue weighted by atomic mass is 35.5. The van der Waals surface area contributed by atoms with Gasteiger partial charge >= 0.3 is 0 Å². The van der Waals surface area contributed by atoms with Gasteiger partial charge in [0.25, 0.3) is 5.91 Å². The third kappa shape index (κ3) is 3.95. The second-order valence-electron chi connectivity index (χ2n) is 9.16. The highest BCUT2D eigenvalue weighted by Gasteiger charge is 2.32. The first-order valence-corrected chi connectivity index (χ1v) is 11.8. The highest BCUT2D eigenvalue weighted by molar-refractivity contribution is 6.34. The summed E-state index contributed by atoms with van der Waals surface area (Å²) in [7, 11) is 0. The van der Waals surface area contributed by atoms with Crippen LogP contribution in [0.3, 0.4) is 0 Å². The number of amides is 1. The number of aryl methyl sites for hydroxylation is 1. The number of halogens is 2. The summed E-state index contributed by atoms with van der Waals surface area (Å²) in [5.74, 6) is 0.330. The Balaban J connectivity index is 1.48. The minimum absolute atomic E-state index is 0.171. The molecule has 1 aromatic carbocycles. The molecule has 7 nitrogen and oxygen atoms in total. The molecule has 1 amide bonds. The fourth-order valence-electron chi connectivity index (χ4n) is 4.95. The summed E-state index contributed by atoms with van der Waals surface area (Å²) >= 11 is 6.35. The van der Waals surface area contributed by atoms with Gasteiger partial charge < -0.3 is 15.5 Å². The highest BCUT2D eigenvalue weighted by Crippen LogP contribution is 2.34. The molecule has 2 aliphatic heterocycles. The Morgan fingerprint density at radius 2 is 2.03 bits per heavy atom. The van der Waals surface area contributed by atoms with Crippen molar-refractivity contribution in [3.05, 3.63) is 57.6 Å². The van der Waals surface area contributed by atoms with E-state index in [4.69, 9.17) is 27.4 Å². The van der Waals surface area contributed by atoms with Crippen molar-refractivity contribution in [1.82, 2.24) is 19.5 Å².